The number of carbonyl (C=O) groups is 1. The van der Waals surface area contributed by atoms with Gasteiger partial charge >= 0.3 is 0 Å². The normalized spacial score (nSPS) is 10.9. The van der Waals surface area contributed by atoms with Crippen LogP contribution in [-0.4, -0.2) is 26.4 Å². The number of rotatable bonds is 7. The molecule has 0 saturated heterocycles. The van der Waals surface area contributed by atoms with Crippen molar-refractivity contribution in [3.8, 4) is 11.4 Å². The van der Waals surface area contributed by atoms with Crippen LogP contribution in [0.2, 0.25) is 0 Å². The van der Waals surface area contributed by atoms with Gasteiger partial charge in [0.2, 0.25) is 5.91 Å². The average molecular weight is 387 g/mol. The zero-order valence-corrected chi connectivity index (χ0v) is 16.8. The van der Waals surface area contributed by atoms with Crippen LogP contribution < -0.4 is 5.32 Å². The van der Waals surface area contributed by atoms with E-state index in [1.54, 1.807) is 11.3 Å². The highest BCUT2D eigenvalue weighted by atomic mass is 32.2. The number of amides is 1. The van der Waals surface area contributed by atoms with E-state index in [1.165, 1.54) is 16.6 Å². The van der Waals surface area contributed by atoms with Gasteiger partial charge in [-0.25, -0.2) is 0 Å². The van der Waals surface area contributed by atoms with Crippen molar-refractivity contribution in [2.45, 2.75) is 31.8 Å². The van der Waals surface area contributed by atoms with E-state index in [9.17, 15) is 4.79 Å². The van der Waals surface area contributed by atoms with Crippen LogP contribution in [0.1, 0.15) is 24.3 Å². The van der Waals surface area contributed by atoms with Crippen molar-refractivity contribution >= 4 is 34.7 Å². The maximum absolute atomic E-state index is 12.3. The second kappa shape index (κ2) is 8.51. The molecule has 3 aromatic rings. The number of hydrogen-bond acceptors (Lipinski definition) is 5. The second-order valence-corrected chi connectivity index (χ2v) is 7.81. The number of benzene rings is 1. The number of hydrogen-bond donors (Lipinski definition) is 1. The molecule has 0 radical (unpaired) electrons. The highest BCUT2D eigenvalue weighted by Gasteiger charge is 2.14. The highest BCUT2D eigenvalue weighted by Crippen LogP contribution is 2.27. The Hall–Kier alpha value is -2.12. The summed E-state index contributed by atoms with van der Waals surface area (Å²) >= 11 is 3.13. The van der Waals surface area contributed by atoms with Crippen molar-refractivity contribution in [1.29, 1.82) is 0 Å². The Morgan fingerprint density at radius 1 is 1.23 bits per heavy atom. The summed E-state index contributed by atoms with van der Waals surface area (Å²) in [4.78, 5) is 13.6. The number of aromatic nitrogens is 3. The lowest BCUT2D eigenvalue weighted by molar-refractivity contribution is -0.113. The topological polar surface area (TPSA) is 59.8 Å². The molecular formula is C19H22N4OS2. The Bertz CT molecular complexity index is 901. The zero-order valence-electron chi connectivity index (χ0n) is 15.2. The minimum absolute atomic E-state index is 0.0377. The molecule has 136 valence electrons. The number of thioether (sulfide) groups is 1. The SMILES string of the molecule is CCc1cc(-c2nnc(SCC(=O)Nc3ccccc3CC)n2C)cs1. The number of carbonyl (C=O) groups excluding carboxylic acids is 1. The van der Waals surface area contributed by atoms with Gasteiger partial charge in [0, 0.05) is 28.6 Å². The Labute approximate surface area is 161 Å². The molecule has 7 heteroatoms. The number of nitrogens with one attached hydrogen (secondary N) is 1. The fraction of sp³-hybridized carbons (Fsp3) is 0.316. The van der Waals surface area contributed by atoms with Gasteiger partial charge in [0.1, 0.15) is 0 Å². The smallest absolute Gasteiger partial charge is 0.234 e. The third-order valence-corrected chi connectivity index (χ3v) is 6.20. The fourth-order valence-electron chi connectivity index (χ4n) is 2.64. The van der Waals surface area contributed by atoms with Crippen LogP contribution in [-0.2, 0) is 24.7 Å². The molecule has 0 aliphatic carbocycles. The molecule has 1 N–H and O–H groups in total. The lowest BCUT2D eigenvalue weighted by atomic mass is 10.1. The maximum atomic E-state index is 12.3. The standard InChI is InChI=1S/C19H22N4OS2/c1-4-13-8-6-7-9-16(13)20-17(24)12-26-19-22-21-18(23(19)3)14-10-15(5-2)25-11-14/h6-11H,4-5,12H2,1-3H3,(H,20,24). The summed E-state index contributed by atoms with van der Waals surface area (Å²) in [6.45, 7) is 4.22. The molecule has 5 nitrogen and oxygen atoms in total. The summed E-state index contributed by atoms with van der Waals surface area (Å²) < 4.78 is 1.94. The quantitative estimate of drug-likeness (QED) is 0.612. The molecule has 2 aromatic heterocycles. The molecule has 0 aliphatic rings. The van der Waals surface area contributed by atoms with Gasteiger partial charge in [-0.3, -0.25) is 4.79 Å². The van der Waals surface area contributed by atoms with Crippen molar-refractivity contribution in [1.82, 2.24) is 14.8 Å². The lowest BCUT2D eigenvalue weighted by Gasteiger charge is -2.09. The zero-order chi connectivity index (χ0) is 18.5. The number of nitrogens with zero attached hydrogens (tertiary/aromatic N) is 3. The van der Waals surface area contributed by atoms with E-state index in [0.29, 0.717) is 5.75 Å². The molecule has 2 heterocycles. The van der Waals surface area contributed by atoms with Crippen LogP contribution in [0.5, 0.6) is 0 Å². The van der Waals surface area contributed by atoms with E-state index in [0.717, 1.165) is 40.6 Å². The molecule has 0 fully saturated rings. The lowest BCUT2D eigenvalue weighted by Crippen LogP contribution is -2.15. The van der Waals surface area contributed by atoms with E-state index >= 15 is 0 Å². The van der Waals surface area contributed by atoms with Crippen LogP contribution in [0, 0.1) is 0 Å². The fourth-order valence-corrected chi connectivity index (χ4v) is 4.17. The van der Waals surface area contributed by atoms with Crippen LogP contribution in [0.3, 0.4) is 0 Å². The molecule has 0 saturated carbocycles. The van der Waals surface area contributed by atoms with Crippen LogP contribution in [0.15, 0.2) is 40.9 Å². The third kappa shape index (κ3) is 4.16. The van der Waals surface area contributed by atoms with Crippen molar-refractivity contribution in [3.63, 3.8) is 0 Å². The Morgan fingerprint density at radius 2 is 2.04 bits per heavy atom. The summed E-state index contributed by atoms with van der Waals surface area (Å²) in [6, 6.07) is 10.0. The summed E-state index contributed by atoms with van der Waals surface area (Å²) in [5.41, 5.74) is 3.09. The van der Waals surface area contributed by atoms with Gasteiger partial charge in [-0.2, -0.15) is 0 Å². The number of aryl methyl sites for hydroxylation is 2. The largest absolute Gasteiger partial charge is 0.325 e. The van der Waals surface area contributed by atoms with E-state index in [1.807, 2.05) is 35.9 Å². The number of anilines is 1. The van der Waals surface area contributed by atoms with Gasteiger partial charge in [-0.1, -0.05) is 43.8 Å². The predicted octanol–water partition coefficient (Wildman–Crippen LogP) is 4.40. The molecule has 0 aliphatic heterocycles. The van der Waals surface area contributed by atoms with Gasteiger partial charge in [0.05, 0.1) is 5.75 Å². The number of thiophene rings is 1. The predicted molar refractivity (Wildman–Crippen MR) is 109 cm³/mol. The van der Waals surface area contributed by atoms with Crippen molar-refractivity contribution in [2.24, 2.45) is 7.05 Å². The van der Waals surface area contributed by atoms with E-state index in [-0.39, 0.29) is 5.91 Å². The van der Waals surface area contributed by atoms with Gasteiger partial charge < -0.3 is 9.88 Å². The average Bonchev–Trinajstić information content (AvgIpc) is 3.27. The van der Waals surface area contributed by atoms with E-state index in [2.05, 4.69) is 40.8 Å². The molecule has 1 amide bonds. The molecule has 0 unspecified atom stereocenters. The molecule has 26 heavy (non-hydrogen) atoms. The summed E-state index contributed by atoms with van der Waals surface area (Å²) in [5, 5.41) is 14.4. The van der Waals surface area contributed by atoms with Crippen LogP contribution in [0.25, 0.3) is 11.4 Å². The Morgan fingerprint density at radius 3 is 2.77 bits per heavy atom. The first-order valence-corrected chi connectivity index (χ1v) is 10.5. The minimum atomic E-state index is -0.0377. The van der Waals surface area contributed by atoms with E-state index < -0.39 is 0 Å². The van der Waals surface area contributed by atoms with Crippen molar-refractivity contribution in [2.75, 3.05) is 11.1 Å². The monoisotopic (exact) mass is 386 g/mol. The summed E-state index contributed by atoms with van der Waals surface area (Å²) in [6.07, 6.45) is 1.90. The second-order valence-electron chi connectivity index (χ2n) is 5.87. The molecule has 0 bridgehead atoms. The highest BCUT2D eigenvalue weighted by molar-refractivity contribution is 7.99. The molecular weight excluding hydrogens is 364 g/mol. The maximum Gasteiger partial charge on any atom is 0.234 e. The molecule has 3 rings (SSSR count). The summed E-state index contributed by atoms with van der Waals surface area (Å²) in [5.74, 6) is 1.10. The van der Waals surface area contributed by atoms with Crippen LogP contribution >= 0.6 is 23.1 Å². The van der Waals surface area contributed by atoms with Crippen molar-refractivity contribution in [3.05, 3.63) is 46.2 Å². The first kappa shape index (κ1) is 18.7. The van der Waals surface area contributed by atoms with Gasteiger partial charge in [-0.15, -0.1) is 21.5 Å². The van der Waals surface area contributed by atoms with Gasteiger partial charge in [-0.05, 0) is 30.5 Å². The molecule has 0 spiro atoms. The van der Waals surface area contributed by atoms with Gasteiger partial charge in [0.25, 0.3) is 0 Å². The number of para-hydroxylation sites is 1. The van der Waals surface area contributed by atoms with Crippen molar-refractivity contribution < 1.29 is 4.79 Å². The first-order chi connectivity index (χ1) is 12.6. The van der Waals surface area contributed by atoms with Gasteiger partial charge in [0.15, 0.2) is 11.0 Å². The first-order valence-electron chi connectivity index (χ1n) is 8.60. The Kier molecular flexibility index (Phi) is 6.11. The van der Waals surface area contributed by atoms with E-state index in [4.69, 9.17) is 0 Å². The minimum Gasteiger partial charge on any atom is -0.325 e. The third-order valence-electron chi connectivity index (χ3n) is 4.10. The summed E-state index contributed by atoms with van der Waals surface area (Å²) in [7, 11) is 1.94. The Balaban J connectivity index is 1.64. The molecule has 1 aromatic carbocycles. The molecule has 0 atom stereocenters. The van der Waals surface area contributed by atoms with Crippen LogP contribution in [0.4, 0.5) is 5.69 Å².